The van der Waals surface area contributed by atoms with Crippen LogP contribution in [0.25, 0.3) is 0 Å². The number of carboxylic acid groups (broad SMARTS) is 1. The third-order valence-electron chi connectivity index (χ3n) is 3.34. The lowest BCUT2D eigenvalue weighted by Crippen LogP contribution is -2.48. The largest absolute Gasteiger partial charge is 0.478 e. The van der Waals surface area contributed by atoms with Crippen molar-refractivity contribution in [3.63, 3.8) is 0 Å². The number of amides is 1. The summed E-state index contributed by atoms with van der Waals surface area (Å²) in [5.74, 6) is -1.22. The molecule has 1 aliphatic rings. The second kappa shape index (κ2) is 5.30. The molecule has 0 unspecified atom stereocenters. The predicted octanol–water partition coefficient (Wildman–Crippen LogP) is 2.36. The molecule has 0 spiro atoms. The lowest BCUT2D eigenvalue weighted by molar-refractivity contribution is -0.118. The number of carbonyl (C=O) groups excluding carboxylic acids is 1. The average Bonchev–Trinajstić information content (AvgIpc) is 2.29. The van der Waals surface area contributed by atoms with E-state index in [1.165, 1.54) is 6.07 Å². The number of benzene rings is 1. The van der Waals surface area contributed by atoms with E-state index in [-0.39, 0.29) is 23.4 Å². The van der Waals surface area contributed by atoms with Crippen molar-refractivity contribution in [2.75, 3.05) is 5.32 Å². The fourth-order valence-corrected chi connectivity index (χ4v) is 2.52. The van der Waals surface area contributed by atoms with Gasteiger partial charge in [0, 0.05) is 22.1 Å². The van der Waals surface area contributed by atoms with Crippen LogP contribution in [0.4, 0.5) is 5.69 Å². The normalized spacial score (nSPS) is 16.5. The van der Waals surface area contributed by atoms with E-state index in [1.807, 2.05) is 0 Å². The van der Waals surface area contributed by atoms with Gasteiger partial charge in [0.15, 0.2) is 0 Å². The maximum atomic E-state index is 11.8. The number of nitrogens with two attached hydrogens (primary N) is 1. The molecule has 0 heterocycles. The van der Waals surface area contributed by atoms with Gasteiger partial charge in [-0.3, -0.25) is 4.79 Å². The first-order valence-corrected chi connectivity index (χ1v) is 6.80. The van der Waals surface area contributed by atoms with Gasteiger partial charge in [0.05, 0.1) is 5.56 Å². The summed E-state index contributed by atoms with van der Waals surface area (Å²) in [6.07, 6.45) is 3.05. The van der Waals surface area contributed by atoms with Crippen molar-refractivity contribution in [3.8, 4) is 0 Å². The van der Waals surface area contributed by atoms with Gasteiger partial charge >= 0.3 is 5.97 Å². The highest BCUT2D eigenvalue weighted by molar-refractivity contribution is 9.10. The van der Waals surface area contributed by atoms with E-state index in [4.69, 9.17) is 10.8 Å². The first-order valence-electron chi connectivity index (χ1n) is 6.01. The lowest BCUT2D eigenvalue weighted by Gasteiger charge is -2.37. The van der Waals surface area contributed by atoms with Crippen LogP contribution in [0.15, 0.2) is 22.7 Å². The number of carbonyl (C=O) groups is 2. The van der Waals surface area contributed by atoms with Gasteiger partial charge < -0.3 is 16.2 Å². The molecule has 102 valence electrons. The minimum Gasteiger partial charge on any atom is -0.478 e. The fraction of sp³-hybridized carbons (Fsp3) is 0.385. The van der Waals surface area contributed by atoms with E-state index in [0.29, 0.717) is 10.2 Å². The predicted molar refractivity (Wildman–Crippen MR) is 75.1 cm³/mol. The minimum absolute atomic E-state index is 0.115. The van der Waals surface area contributed by atoms with Crippen molar-refractivity contribution in [3.05, 3.63) is 28.2 Å². The van der Waals surface area contributed by atoms with E-state index >= 15 is 0 Å². The Bertz CT molecular complexity index is 527. The summed E-state index contributed by atoms with van der Waals surface area (Å²) in [6, 6.07) is 4.67. The molecule has 0 radical (unpaired) electrons. The van der Waals surface area contributed by atoms with E-state index < -0.39 is 5.97 Å². The van der Waals surface area contributed by atoms with Gasteiger partial charge in [-0.05, 0) is 53.4 Å². The van der Waals surface area contributed by atoms with Crippen molar-refractivity contribution in [2.24, 2.45) is 5.73 Å². The van der Waals surface area contributed by atoms with Gasteiger partial charge in [0.25, 0.3) is 0 Å². The number of aromatic carboxylic acids is 1. The minimum atomic E-state index is -1.04. The third-order valence-corrected chi connectivity index (χ3v) is 4.03. The first kappa shape index (κ1) is 14.0. The van der Waals surface area contributed by atoms with Crippen molar-refractivity contribution in [1.82, 2.24) is 0 Å². The van der Waals surface area contributed by atoms with Gasteiger partial charge in [-0.15, -0.1) is 0 Å². The molecule has 1 saturated carbocycles. The Balaban J connectivity index is 2.04. The Kier molecular flexibility index (Phi) is 3.91. The molecular formula is C13H15BrN2O3. The van der Waals surface area contributed by atoms with Crippen molar-refractivity contribution < 1.29 is 14.7 Å². The molecular weight excluding hydrogens is 312 g/mol. The lowest BCUT2D eigenvalue weighted by atomic mass is 9.75. The first-order chi connectivity index (χ1) is 8.89. The molecule has 5 nitrogen and oxygen atoms in total. The highest BCUT2D eigenvalue weighted by atomic mass is 79.9. The Morgan fingerprint density at radius 3 is 2.63 bits per heavy atom. The molecule has 19 heavy (non-hydrogen) atoms. The van der Waals surface area contributed by atoms with Gasteiger partial charge in [-0.2, -0.15) is 0 Å². The zero-order chi connectivity index (χ0) is 14.0. The van der Waals surface area contributed by atoms with Crippen LogP contribution in [0, 0.1) is 0 Å². The summed E-state index contributed by atoms with van der Waals surface area (Å²) >= 11 is 3.15. The molecule has 0 aromatic heterocycles. The van der Waals surface area contributed by atoms with Gasteiger partial charge in [-0.25, -0.2) is 4.79 Å². The summed E-state index contributed by atoms with van der Waals surface area (Å²) in [5, 5.41) is 11.7. The molecule has 6 heteroatoms. The number of nitrogens with one attached hydrogen (secondary N) is 1. The monoisotopic (exact) mass is 326 g/mol. The number of carboxylic acids is 1. The zero-order valence-electron chi connectivity index (χ0n) is 10.3. The molecule has 0 aliphatic heterocycles. The van der Waals surface area contributed by atoms with Crippen molar-refractivity contribution in [2.45, 2.75) is 31.2 Å². The summed E-state index contributed by atoms with van der Waals surface area (Å²) < 4.78 is 0.479. The second-order valence-corrected chi connectivity index (χ2v) is 5.79. The van der Waals surface area contributed by atoms with Crippen molar-refractivity contribution >= 4 is 33.5 Å². The van der Waals surface area contributed by atoms with Crippen LogP contribution >= 0.6 is 15.9 Å². The Morgan fingerprint density at radius 1 is 1.42 bits per heavy atom. The number of anilines is 1. The van der Waals surface area contributed by atoms with Crippen LogP contribution in [0.3, 0.4) is 0 Å². The zero-order valence-corrected chi connectivity index (χ0v) is 11.9. The summed E-state index contributed by atoms with van der Waals surface area (Å²) in [4.78, 5) is 22.8. The maximum Gasteiger partial charge on any atom is 0.336 e. The quantitative estimate of drug-likeness (QED) is 0.791. The number of halogens is 1. The van der Waals surface area contributed by atoms with Crippen LogP contribution < -0.4 is 11.1 Å². The molecule has 1 amide bonds. The van der Waals surface area contributed by atoms with E-state index in [1.54, 1.807) is 12.1 Å². The van der Waals surface area contributed by atoms with E-state index in [9.17, 15) is 9.59 Å². The smallest absolute Gasteiger partial charge is 0.336 e. The Morgan fingerprint density at radius 2 is 2.11 bits per heavy atom. The summed E-state index contributed by atoms with van der Waals surface area (Å²) in [5.41, 5.74) is 6.20. The molecule has 1 aliphatic carbocycles. The molecule has 4 N–H and O–H groups in total. The average molecular weight is 327 g/mol. The maximum absolute atomic E-state index is 11.8. The number of hydrogen-bond donors (Lipinski definition) is 3. The fourth-order valence-electron chi connectivity index (χ4n) is 2.10. The molecule has 0 atom stereocenters. The van der Waals surface area contributed by atoms with Crippen LogP contribution in [-0.2, 0) is 4.79 Å². The molecule has 1 aromatic rings. The van der Waals surface area contributed by atoms with Gasteiger partial charge in [0.2, 0.25) is 5.91 Å². The van der Waals surface area contributed by atoms with Crippen LogP contribution in [-0.4, -0.2) is 22.5 Å². The van der Waals surface area contributed by atoms with Crippen molar-refractivity contribution in [1.29, 1.82) is 0 Å². The number of hydrogen-bond acceptors (Lipinski definition) is 3. The SMILES string of the molecule is NC1(CC(=O)Nc2ccc(Br)c(C(=O)O)c2)CCC1. The van der Waals surface area contributed by atoms with E-state index in [2.05, 4.69) is 21.2 Å². The highest BCUT2D eigenvalue weighted by Crippen LogP contribution is 2.32. The Hall–Kier alpha value is -1.40. The topological polar surface area (TPSA) is 92.4 Å². The standard InChI is InChI=1S/C13H15BrN2O3/c14-10-3-2-8(6-9(10)12(18)19)16-11(17)7-13(15)4-1-5-13/h2-3,6H,1,4-5,7,15H2,(H,16,17)(H,18,19). The Labute approximate surface area is 119 Å². The highest BCUT2D eigenvalue weighted by Gasteiger charge is 2.34. The molecule has 0 bridgehead atoms. The second-order valence-electron chi connectivity index (χ2n) is 4.94. The van der Waals surface area contributed by atoms with Crippen LogP contribution in [0.5, 0.6) is 0 Å². The van der Waals surface area contributed by atoms with Gasteiger partial charge in [-0.1, -0.05) is 0 Å². The van der Waals surface area contributed by atoms with Crippen LogP contribution in [0.2, 0.25) is 0 Å². The van der Waals surface area contributed by atoms with Crippen LogP contribution in [0.1, 0.15) is 36.0 Å². The van der Waals surface area contributed by atoms with E-state index in [0.717, 1.165) is 19.3 Å². The molecule has 2 rings (SSSR count). The van der Waals surface area contributed by atoms with Gasteiger partial charge in [0.1, 0.15) is 0 Å². The summed E-state index contributed by atoms with van der Waals surface area (Å²) in [7, 11) is 0. The third kappa shape index (κ3) is 3.33. The number of rotatable bonds is 4. The summed E-state index contributed by atoms with van der Waals surface area (Å²) in [6.45, 7) is 0. The molecule has 0 saturated heterocycles. The molecule has 1 fully saturated rings. The molecule has 1 aromatic carbocycles.